The summed E-state index contributed by atoms with van der Waals surface area (Å²) in [6.07, 6.45) is -0.497. The molecule has 100 valence electrons. The molecule has 1 atom stereocenters. The zero-order chi connectivity index (χ0) is 13.5. The summed E-state index contributed by atoms with van der Waals surface area (Å²) in [6, 6.07) is 3.21. The van der Waals surface area contributed by atoms with E-state index in [4.69, 9.17) is 9.15 Å². The molecule has 1 heterocycles. The Labute approximate surface area is 106 Å². The van der Waals surface area contributed by atoms with Crippen LogP contribution in [0.4, 0.5) is 0 Å². The zero-order valence-corrected chi connectivity index (χ0v) is 10.8. The zero-order valence-electron chi connectivity index (χ0n) is 10.8. The van der Waals surface area contributed by atoms with Crippen molar-refractivity contribution in [1.29, 1.82) is 0 Å². The number of carbonyl (C=O) groups excluding carboxylic acids is 2. The lowest BCUT2D eigenvalue weighted by molar-refractivity contribution is -0.131. The molecule has 0 aliphatic heterocycles. The first-order valence-electron chi connectivity index (χ1n) is 5.78. The minimum atomic E-state index is -0.497. The highest BCUT2D eigenvalue weighted by atomic mass is 16.5. The van der Waals surface area contributed by atoms with Gasteiger partial charge in [-0.2, -0.15) is 0 Å². The third-order valence-electron chi connectivity index (χ3n) is 2.34. The van der Waals surface area contributed by atoms with E-state index in [1.807, 2.05) is 6.92 Å². The van der Waals surface area contributed by atoms with Crippen LogP contribution in [0.5, 0.6) is 0 Å². The fourth-order valence-corrected chi connectivity index (χ4v) is 1.36. The third-order valence-corrected chi connectivity index (χ3v) is 2.34. The molecular formula is C12H18N2O4. The lowest BCUT2D eigenvalue weighted by Crippen LogP contribution is -2.33. The molecule has 2 amide bonds. The number of furan rings is 1. The fraction of sp³-hybridized carbons (Fsp3) is 0.500. The molecule has 1 aromatic heterocycles. The summed E-state index contributed by atoms with van der Waals surface area (Å²) in [6.45, 7) is 4.21. The van der Waals surface area contributed by atoms with Crippen molar-refractivity contribution in [2.75, 3.05) is 13.7 Å². The molecule has 0 saturated heterocycles. The van der Waals surface area contributed by atoms with Gasteiger partial charge in [-0.1, -0.05) is 0 Å². The van der Waals surface area contributed by atoms with Crippen LogP contribution < -0.4 is 10.6 Å². The topological polar surface area (TPSA) is 80.6 Å². The van der Waals surface area contributed by atoms with Gasteiger partial charge in [0.2, 0.25) is 5.91 Å². The van der Waals surface area contributed by atoms with Gasteiger partial charge in [-0.3, -0.25) is 9.59 Å². The molecule has 18 heavy (non-hydrogen) atoms. The number of hydrogen-bond donors (Lipinski definition) is 2. The molecule has 0 aliphatic carbocycles. The molecule has 6 heteroatoms. The Bertz CT molecular complexity index is 414. The smallest absolute Gasteiger partial charge is 0.286 e. The molecule has 1 unspecified atom stereocenters. The standard InChI is InChI=1S/C12H18N2O4/c1-4-17-8(2)11(15)14-7-9-5-6-10(18-9)12(16)13-3/h5-6,8H,4,7H2,1-3H3,(H,13,16)(H,14,15). The van der Waals surface area contributed by atoms with Crippen molar-refractivity contribution in [2.45, 2.75) is 26.5 Å². The Hall–Kier alpha value is -1.82. The largest absolute Gasteiger partial charge is 0.454 e. The quantitative estimate of drug-likeness (QED) is 0.782. The van der Waals surface area contributed by atoms with Gasteiger partial charge in [0, 0.05) is 13.7 Å². The van der Waals surface area contributed by atoms with Gasteiger partial charge in [0.05, 0.1) is 6.54 Å². The average molecular weight is 254 g/mol. The summed E-state index contributed by atoms with van der Waals surface area (Å²) in [5.41, 5.74) is 0. The minimum absolute atomic E-state index is 0.213. The molecule has 0 radical (unpaired) electrons. The summed E-state index contributed by atoms with van der Waals surface area (Å²) < 4.78 is 10.4. The minimum Gasteiger partial charge on any atom is -0.454 e. The normalized spacial score (nSPS) is 11.9. The van der Waals surface area contributed by atoms with E-state index in [9.17, 15) is 9.59 Å². The van der Waals surface area contributed by atoms with Gasteiger partial charge in [-0.05, 0) is 26.0 Å². The SMILES string of the molecule is CCOC(C)C(=O)NCc1ccc(C(=O)NC)o1. The van der Waals surface area contributed by atoms with Gasteiger partial charge in [0.15, 0.2) is 5.76 Å². The molecule has 0 bridgehead atoms. The van der Waals surface area contributed by atoms with Crippen molar-refractivity contribution in [1.82, 2.24) is 10.6 Å². The van der Waals surface area contributed by atoms with Crippen LogP contribution in [0.15, 0.2) is 16.5 Å². The molecule has 0 saturated carbocycles. The number of amides is 2. The second-order valence-corrected chi connectivity index (χ2v) is 3.66. The van der Waals surface area contributed by atoms with E-state index in [0.717, 1.165) is 0 Å². The summed E-state index contributed by atoms with van der Waals surface area (Å²) >= 11 is 0. The first-order chi connectivity index (χ1) is 8.58. The second-order valence-electron chi connectivity index (χ2n) is 3.66. The van der Waals surface area contributed by atoms with Crippen LogP contribution in [0, 0.1) is 0 Å². The van der Waals surface area contributed by atoms with Crippen molar-refractivity contribution in [2.24, 2.45) is 0 Å². The summed E-state index contributed by atoms with van der Waals surface area (Å²) in [4.78, 5) is 22.8. The maximum atomic E-state index is 11.5. The number of hydrogen-bond acceptors (Lipinski definition) is 4. The first-order valence-corrected chi connectivity index (χ1v) is 5.78. The van der Waals surface area contributed by atoms with Crippen LogP contribution in [0.2, 0.25) is 0 Å². The Morgan fingerprint density at radius 1 is 1.44 bits per heavy atom. The lowest BCUT2D eigenvalue weighted by Gasteiger charge is -2.10. The Morgan fingerprint density at radius 2 is 2.17 bits per heavy atom. The fourth-order valence-electron chi connectivity index (χ4n) is 1.36. The maximum Gasteiger partial charge on any atom is 0.286 e. The van der Waals surface area contributed by atoms with E-state index < -0.39 is 6.10 Å². The Balaban J connectivity index is 2.46. The van der Waals surface area contributed by atoms with E-state index in [2.05, 4.69) is 10.6 Å². The molecule has 0 aromatic carbocycles. The number of rotatable bonds is 6. The van der Waals surface area contributed by atoms with Gasteiger partial charge in [0.1, 0.15) is 11.9 Å². The van der Waals surface area contributed by atoms with Crippen LogP contribution in [0.25, 0.3) is 0 Å². The highest BCUT2D eigenvalue weighted by Gasteiger charge is 2.13. The highest BCUT2D eigenvalue weighted by Crippen LogP contribution is 2.07. The Morgan fingerprint density at radius 3 is 2.78 bits per heavy atom. The number of ether oxygens (including phenoxy) is 1. The maximum absolute atomic E-state index is 11.5. The van der Waals surface area contributed by atoms with Crippen LogP contribution >= 0.6 is 0 Å². The van der Waals surface area contributed by atoms with Crippen LogP contribution in [-0.4, -0.2) is 31.6 Å². The third kappa shape index (κ3) is 3.89. The van der Waals surface area contributed by atoms with Crippen molar-refractivity contribution < 1.29 is 18.7 Å². The number of carbonyl (C=O) groups is 2. The van der Waals surface area contributed by atoms with Gasteiger partial charge in [0.25, 0.3) is 5.91 Å². The average Bonchev–Trinajstić information content (AvgIpc) is 2.84. The van der Waals surface area contributed by atoms with Gasteiger partial charge in [-0.15, -0.1) is 0 Å². The van der Waals surface area contributed by atoms with E-state index in [0.29, 0.717) is 12.4 Å². The van der Waals surface area contributed by atoms with E-state index in [1.165, 1.54) is 7.05 Å². The van der Waals surface area contributed by atoms with Gasteiger partial charge >= 0.3 is 0 Å². The van der Waals surface area contributed by atoms with E-state index in [1.54, 1.807) is 19.1 Å². The molecule has 6 nitrogen and oxygen atoms in total. The lowest BCUT2D eigenvalue weighted by atomic mass is 10.3. The second kappa shape index (κ2) is 6.80. The van der Waals surface area contributed by atoms with Crippen LogP contribution in [0.3, 0.4) is 0 Å². The summed E-state index contributed by atoms with van der Waals surface area (Å²) in [5.74, 6) is 0.232. The van der Waals surface area contributed by atoms with Crippen LogP contribution in [0.1, 0.15) is 30.2 Å². The Kier molecular flexibility index (Phi) is 5.38. The highest BCUT2D eigenvalue weighted by molar-refractivity contribution is 5.91. The molecule has 2 N–H and O–H groups in total. The summed E-state index contributed by atoms with van der Waals surface area (Å²) in [7, 11) is 1.52. The monoisotopic (exact) mass is 254 g/mol. The van der Waals surface area contributed by atoms with Crippen LogP contribution in [-0.2, 0) is 16.1 Å². The van der Waals surface area contributed by atoms with Gasteiger partial charge < -0.3 is 19.8 Å². The molecule has 0 aliphatic rings. The van der Waals surface area contributed by atoms with Gasteiger partial charge in [-0.25, -0.2) is 0 Å². The van der Waals surface area contributed by atoms with E-state index in [-0.39, 0.29) is 24.1 Å². The van der Waals surface area contributed by atoms with Crippen molar-refractivity contribution >= 4 is 11.8 Å². The number of nitrogens with one attached hydrogen (secondary N) is 2. The molecule has 1 rings (SSSR count). The molecule has 0 spiro atoms. The van der Waals surface area contributed by atoms with Crippen molar-refractivity contribution in [3.8, 4) is 0 Å². The molecule has 0 fully saturated rings. The molecular weight excluding hydrogens is 236 g/mol. The predicted molar refractivity (Wildman–Crippen MR) is 65.0 cm³/mol. The predicted octanol–water partition coefficient (Wildman–Crippen LogP) is 0.680. The first kappa shape index (κ1) is 14.2. The summed E-state index contributed by atoms with van der Waals surface area (Å²) in [5, 5.41) is 5.12. The van der Waals surface area contributed by atoms with Crippen molar-refractivity contribution in [3.63, 3.8) is 0 Å². The van der Waals surface area contributed by atoms with Crippen molar-refractivity contribution in [3.05, 3.63) is 23.7 Å². The molecule has 1 aromatic rings. The van der Waals surface area contributed by atoms with E-state index >= 15 is 0 Å².